The minimum atomic E-state index is 0.119. The fraction of sp³-hybridized carbons (Fsp3) is 0.529. The lowest BCUT2D eigenvalue weighted by Gasteiger charge is -2.33. The third-order valence-electron chi connectivity index (χ3n) is 4.33. The van der Waals surface area contributed by atoms with Crippen LogP contribution in [0.3, 0.4) is 0 Å². The van der Waals surface area contributed by atoms with E-state index < -0.39 is 0 Å². The monoisotopic (exact) mass is 274 g/mol. The molecule has 0 bridgehead atoms. The maximum atomic E-state index is 6.01. The van der Waals surface area contributed by atoms with E-state index in [-0.39, 0.29) is 11.6 Å². The van der Waals surface area contributed by atoms with Crippen LogP contribution in [-0.4, -0.2) is 31.1 Å². The average molecular weight is 274 g/mol. The van der Waals surface area contributed by atoms with Gasteiger partial charge in [-0.2, -0.15) is 0 Å². The van der Waals surface area contributed by atoms with Crippen molar-refractivity contribution >= 4 is 11.0 Å². The van der Waals surface area contributed by atoms with Crippen molar-refractivity contribution in [3.63, 3.8) is 0 Å². The molecule has 1 N–H and O–H groups in total. The van der Waals surface area contributed by atoms with E-state index in [4.69, 9.17) is 4.42 Å². The van der Waals surface area contributed by atoms with Crippen LogP contribution in [-0.2, 0) is 0 Å². The van der Waals surface area contributed by atoms with Crippen molar-refractivity contribution in [2.45, 2.75) is 39.3 Å². The zero-order valence-corrected chi connectivity index (χ0v) is 13.4. The molecule has 1 aromatic carbocycles. The molecule has 3 heteroatoms. The summed E-state index contributed by atoms with van der Waals surface area (Å²) in [6, 6.07) is 8.43. The lowest BCUT2D eigenvalue weighted by molar-refractivity contribution is 0.183. The van der Waals surface area contributed by atoms with Crippen LogP contribution in [0.4, 0.5) is 0 Å². The topological polar surface area (TPSA) is 28.4 Å². The fourth-order valence-corrected chi connectivity index (χ4v) is 2.26. The van der Waals surface area contributed by atoms with Crippen molar-refractivity contribution in [2.24, 2.45) is 0 Å². The Hall–Kier alpha value is -1.32. The number of benzene rings is 1. The van der Waals surface area contributed by atoms with E-state index in [1.807, 2.05) is 12.1 Å². The van der Waals surface area contributed by atoms with Gasteiger partial charge in [-0.05, 0) is 53.4 Å². The first-order chi connectivity index (χ1) is 9.33. The van der Waals surface area contributed by atoms with E-state index in [1.54, 1.807) is 0 Å². The lowest BCUT2D eigenvalue weighted by Crippen LogP contribution is -2.47. The minimum absolute atomic E-state index is 0.119. The molecule has 20 heavy (non-hydrogen) atoms. The van der Waals surface area contributed by atoms with Gasteiger partial charge in [0.2, 0.25) is 0 Å². The van der Waals surface area contributed by atoms with Crippen LogP contribution in [0.15, 0.2) is 28.7 Å². The van der Waals surface area contributed by atoms with Crippen LogP contribution in [0.1, 0.15) is 38.1 Å². The summed E-state index contributed by atoms with van der Waals surface area (Å²) in [5.74, 6) is 1.04. The Morgan fingerprint density at radius 3 is 2.50 bits per heavy atom. The molecule has 3 nitrogen and oxygen atoms in total. The Labute approximate surface area is 122 Å². The van der Waals surface area contributed by atoms with Gasteiger partial charge < -0.3 is 14.6 Å². The summed E-state index contributed by atoms with van der Waals surface area (Å²) in [7, 11) is 4.22. The van der Waals surface area contributed by atoms with Gasteiger partial charge in [-0.1, -0.05) is 18.2 Å². The maximum absolute atomic E-state index is 6.01. The standard InChI is InChI=1S/C17H26N2O/c1-12-14-9-7-8-10-15(14)20-16(12)13(2)18-11-17(3,4)19(5)6/h7-10,13,18H,11H2,1-6H3. The Bertz CT molecular complexity index is 584. The van der Waals surface area contributed by atoms with Gasteiger partial charge in [0.1, 0.15) is 11.3 Å². The molecule has 0 saturated heterocycles. The zero-order chi connectivity index (χ0) is 14.9. The third kappa shape index (κ3) is 2.89. The Kier molecular flexibility index (Phi) is 4.21. The molecule has 2 rings (SSSR count). The molecule has 110 valence electrons. The number of rotatable bonds is 5. The van der Waals surface area contributed by atoms with E-state index in [1.165, 1.54) is 10.9 Å². The van der Waals surface area contributed by atoms with Crippen LogP contribution < -0.4 is 5.32 Å². The molecular weight excluding hydrogens is 248 g/mol. The summed E-state index contributed by atoms with van der Waals surface area (Å²) in [4.78, 5) is 2.23. The molecular formula is C17H26N2O. The van der Waals surface area contributed by atoms with Crippen molar-refractivity contribution < 1.29 is 4.42 Å². The molecule has 1 atom stereocenters. The molecule has 2 aromatic rings. The van der Waals surface area contributed by atoms with Crippen LogP contribution in [0.25, 0.3) is 11.0 Å². The first-order valence-corrected chi connectivity index (χ1v) is 7.22. The van der Waals surface area contributed by atoms with Gasteiger partial charge >= 0.3 is 0 Å². The number of nitrogens with one attached hydrogen (secondary N) is 1. The normalized spacial score (nSPS) is 14.2. The molecule has 1 heterocycles. The second-order valence-electron chi connectivity index (χ2n) is 6.40. The summed E-state index contributed by atoms with van der Waals surface area (Å²) in [6.45, 7) is 9.68. The van der Waals surface area contributed by atoms with Crippen molar-refractivity contribution in [1.29, 1.82) is 0 Å². The van der Waals surface area contributed by atoms with Crippen LogP contribution in [0.2, 0.25) is 0 Å². The Morgan fingerprint density at radius 2 is 1.90 bits per heavy atom. The molecule has 0 aliphatic rings. The molecule has 0 aliphatic heterocycles. The summed E-state index contributed by atoms with van der Waals surface area (Å²) >= 11 is 0. The van der Waals surface area contributed by atoms with Crippen molar-refractivity contribution in [2.75, 3.05) is 20.6 Å². The quantitative estimate of drug-likeness (QED) is 0.900. The summed E-state index contributed by atoms with van der Waals surface area (Å²) in [6.07, 6.45) is 0. The van der Waals surface area contributed by atoms with Gasteiger partial charge in [-0.3, -0.25) is 0 Å². The largest absolute Gasteiger partial charge is 0.459 e. The third-order valence-corrected chi connectivity index (χ3v) is 4.33. The summed E-state index contributed by atoms with van der Waals surface area (Å²) < 4.78 is 6.01. The number of fused-ring (bicyclic) bond motifs is 1. The number of hydrogen-bond donors (Lipinski definition) is 1. The van der Waals surface area contributed by atoms with Gasteiger partial charge in [0, 0.05) is 17.5 Å². The highest BCUT2D eigenvalue weighted by Crippen LogP contribution is 2.29. The number of aryl methyl sites for hydroxylation is 1. The maximum Gasteiger partial charge on any atom is 0.134 e. The van der Waals surface area contributed by atoms with Gasteiger partial charge in [0.05, 0.1) is 6.04 Å². The fourth-order valence-electron chi connectivity index (χ4n) is 2.26. The molecule has 0 fully saturated rings. The average Bonchev–Trinajstić information content (AvgIpc) is 2.74. The zero-order valence-electron chi connectivity index (χ0n) is 13.4. The molecule has 0 spiro atoms. The molecule has 0 saturated carbocycles. The van der Waals surface area contributed by atoms with E-state index in [0.29, 0.717) is 0 Å². The molecule has 1 aromatic heterocycles. The number of nitrogens with zero attached hydrogens (tertiary/aromatic N) is 1. The highest BCUT2D eigenvalue weighted by atomic mass is 16.3. The molecule has 0 amide bonds. The lowest BCUT2D eigenvalue weighted by atomic mass is 10.0. The van der Waals surface area contributed by atoms with E-state index in [9.17, 15) is 0 Å². The molecule has 0 radical (unpaired) electrons. The number of para-hydroxylation sites is 1. The number of hydrogen-bond acceptors (Lipinski definition) is 3. The van der Waals surface area contributed by atoms with Gasteiger partial charge in [0.25, 0.3) is 0 Å². The first-order valence-electron chi connectivity index (χ1n) is 7.22. The second kappa shape index (κ2) is 5.58. The van der Waals surface area contributed by atoms with Crippen LogP contribution in [0, 0.1) is 6.92 Å². The van der Waals surface area contributed by atoms with Gasteiger partial charge in [-0.15, -0.1) is 0 Å². The van der Waals surface area contributed by atoms with Gasteiger partial charge in [-0.25, -0.2) is 0 Å². The molecule has 0 aliphatic carbocycles. The van der Waals surface area contributed by atoms with Crippen LogP contribution >= 0.6 is 0 Å². The highest BCUT2D eigenvalue weighted by molar-refractivity contribution is 5.82. The van der Waals surface area contributed by atoms with E-state index in [2.05, 4.69) is 64.1 Å². The van der Waals surface area contributed by atoms with Crippen LogP contribution in [0.5, 0.6) is 0 Å². The first kappa shape index (κ1) is 15.1. The molecule has 1 unspecified atom stereocenters. The van der Waals surface area contributed by atoms with Crippen molar-refractivity contribution in [1.82, 2.24) is 10.2 Å². The highest BCUT2D eigenvalue weighted by Gasteiger charge is 2.23. The number of likely N-dealkylation sites (N-methyl/N-ethyl adjacent to an activating group) is 1. The Balaban J connectivity index is 2.16. The predicted octanol–water partition coefficient (Wildman–Crippen LogP) is 3.73. The Morgan fingerprint density at radius 1 is 1.25 bits per heavy atom. The van der Waals surface area contributed by atoms with E-state index >= 15 is 0 Å². The smallest absolute Gasteiger partial charge is 0.134 e. The summed E-state index contributed by atoms with van der Waals surface area (Å²) in [5.41, 5.74) is 2.33. The van der Waals surface area contributed by atoms with E-state index in [0.717, 1.165) is 17.9 Å². The predicted molar refractivity (Wildman–Crippen MR) is 85.1 cm³/mol. The second-order valence-corrected chi connectivity index (χ2v) is 6.40. The van der Waals surface area contributed by atoms with Crippen molar-refractivity contribution in [3.8, 4) is 0 Å². The van der Waals surface area contributed by atoms with Crippen molar-refractivity contribution in [3.05, 3.63) is 35.6 Å². The number of furan rings is 1. The summed E-state index contributed by atoms with van der Waals surface area (Å²) in [5, 5.41) is 4.80. The SMILES string of the molecule is Cc1c(C(C)NCC(C)(C)N(C)C)oc2ccccc12. The van der Waals surface area contributed by atoms with Gasteiger partial charge in [0.15, 0.2) is 0 Å². The minimum Gasteiger partial charge on any atom is -0.459 e.